The smallest absolute Gasteiger partial charge is 0.154 e. The Kier molecular flexibility index (Phi) is 4.43. The molecule has 1 aromatic rings. The van der Waals surface area contributed by atoms with Crippen molar-refractivity contribution in [1.82, 2.24) is 15.1 Å². The minimum atomic E-state index is -1.34. The molecule has 2 rings (SSSR count). The molecule has 2 unspecified atom stereocenters. The summed E-state index contributed by atoms with van der Waals surface area (Å²) in [4.78, 5) is 0. The Bertz CT molecular complexity index is 397. The molecular formula is C13H21BrFN3. The zero-order valence-corrected chi connectivity index (χ0v) is 12.6. The Morgan fingerprint density at radius 1 is 1.67 bits per heavy atom. The number of nitrogens with one attached hydrogen (secondary N) is 1. The van der Waals surface area contributed by atoms with Crippen LogP contribution in [0, 0.1) is 5.92 Å². The maximum atomic E-state index is 15.3. The van der Waals surface area contributed by atoms with E-state index in [9.17, 15) is 0 Å². The van der Waals surface area contributed by atoms with Crippen LogP contribution in [0.1, 0.15) is 38.8 Å². The van der Waals surface area contributed by atoms with Crippen LogP contribution in [-0.2, 0) is 12.2 Å². The van der Waals surface area contributed by atoms with Gasteiger partial charge in [-0.05, 0) is 48.7 Å². The molecule has 1 aromatic heterocycles. The lowest BCUT2D eigenvalue weighted by Gasteiger charge is -2.34. The monoisotopic (exact) mass is 317 g/mol. The van der Waals surface area contributed by atoms with Crippen LogP contribution in [0.3, 0.4) is 0 Å². The SMILES string of the molecule is CCCn1ncc(Br)c1C(C)(F)C1CCCNC1. The van der Waals surface area contributed by atoms with E-state index in [4.69, 9.17) is 0 Å². The van der Waals surface area contributed by atoms with E-state index in [1.54, 1.807) is 17.8 Å². The van der Waals surface area contributed by atoms with Crippen molar-refractivity contribution in [3.8, 4) is 0 Å². The van der Waals surface area contributed by atoms with E-state index in [0.717, 1.165) is 43.4 Å². The molecule has 1 N–H and O–H groups in total. The van der Waals surface area contributed by atoms with E-state index in [1.807, 2.05) is 0 Å². The van der Waals surface area contributed by atoms with Crippen molar-refractivity contribution < 1.29 is 4.39 Å². The predicted molar refractivity (Wildman–Crippen MR) is 74.3 cm³/mol. The third-order valence-corrected chi connectivity index (χ3v) is 4.34. The van der Waals surface area contributed by atoms with Gasteiger partial charge in [0, 0.05) is 19.0 Å². The van der Waals surface area contributed by atoms with Crippen molar-refractivity contribution in [2.75, 3.05) is 13.1 Å². The van der Waals surface area contributed by atoms with Gasteiger partial charge in [-0.2, -0.15) is 5.10 Å². The van der Waals surface area contributed by atoms with Gasteiger partial charge in [-0.15, -0.1) is 0 Å². The van der Waals surface area contributed by atoms with Gasteiger partial charge in [-0.1, -0.05) is 6.92 Å². The molecular weight excluding hydrogens is 297 g/mol. The number of aryl methyl sites for hydroxylation is 1. The van der Waals surface area contributed by atoms with E-state index in [-0.39, 0.29) is 5.92 Å². The van der Waals surface area contributed by atoms with E-state index in [2.05, 4.69) is 33.3 Å². The highest BCUT2D eigenvalue weighted by atomic mass is 79.9. The fourth-order valence-electron chi connectivity index (χ4n) is 2.74. The molecule has 0 aromatic carbocycles. The molecule has 0 radical (unpaired) electrons. The fourth-order valence-corrected chi connectivity index (χ4v) is 3.42. The molecule has 0 aliphatic carbocycles. The van der Waals surface area contributed by atoms with Crippen LogP contribution < -0.4 is 5.32 Å². The largest absolute Gasteiger partial charge is 0.316 e. The number of alkyl halides is 1. The molecule has 1 aliphatic rings. The minimum absolute atomic E-state index is 0.0230. The number of hydrogen-bond donors (Lipinski definition) is 1. The summed E-state index contributed by atoms with van der Waals surface area (Å²) in [5.41, 5.74) is -0.643. The fraction of sp³-hybridized carbons (Fsp3) is 0.769. The first-order valence-electron chi connectivity index (χ1n) is 6.68. The van der Waals surface area contributed by atoms with Crippen molar-refractivity contribution in [3.05, 3.63) is 16.4 Å². The molecule has 3 nitrogen and oxygen atoms in total. The lowest BCUT2D eigenvalue weighted by Crippen LogP contribution is -2.41. The Morgan fingerprint density at radius 3 is 3.06 bits per heavy atom. The molecule has 102 valence electrons. The Balaban J connectivity index is 2.29. The molecule has 1 aliphatic heterocycles. The van der Waals surface area contributed by atoms with Gasteiger partial charge in [0.2, 0.25) is 0 Å². The summed E-state index contributed by atoms with van der Waals surface area (Å²) in [5, 5.41) is 7.56. The van der Waals surface area contributed by atoms with Crippen molar-refractivity contribution in [2.45, 2.75) is 45.3 Å². The van der Waals surface area contributed by atoms with Gasteiger partial charge in [-0.25, -0.2) is 4.39 Å². The van der Waals surface area contributed by atoms with Gasteiger partial charge in [0.1, 0.15) is 0 Å². The van der Waals surface area contributed by atoms with Crippen LogP contribution in [0.4, 0.5) is 4.39 Å². The third kappa shape index (κ3) is 2.62. The van der Waals surface area contributed by atoms with Crippen LogP contribution >= 0.6 is 15.9 Å². The molecule has 2 atom stereocenters. The standard InChI is InChI=1S/C13H21BrFN3/c1-3-7-18-12(11(14)9-17-18)13(2,15)10-5-4-6-16-8-10/h9-10,16H,3-8H2,1-2H3. The Hall–Kier alpha value is -0.420. The average Bonchev–Trinajstić information content (AvgIpc) is 2.73. The van der Waals surface area contributed by atoms with E-state index < -0.39 is 5.67 Å². The lowest BCUT2D eigenvalue weighted by atomic mass is 9.82. The number of piperidine rings is 1. The van der Waals surface area contributed by atoms with Crippen LogP contribution in [0.2, 0.25) is 0 Å². The number of rotatable bonds is 4. The van der Waals surface area contributed by atoms with Crippen molar-refractivity contribution in [3.63, 3.8) is 0 Å². The maximum absolute atomic E-state index is 15.3. The first-order valence-corrected chi connectivity index (χ1v) is 7.48. The highest BCUT2D eigenvalue weighted by Gasteiger charge is 2.40. The summed E-state index contributed by atoms with van der Waals surface area (Å²) in [6.45, 7) is 6.29. The Morgan fingerprint density at radius 2 is 2.44 bits per heavy atom. The first kappa shape index (κ1) is 14.0. The number of hydrogen-bond acceptors (Lipinski definition) is 2. The van der Waals surface area contributed by atoms with Gasteiger partial charge in [0.25, 0.3) is 0 Å². The second-order valence-corrected chi connectivity index (χ2v) is 6.04. The average molecular weight is 318 g/mol. The summed E-state index contributed by atoms with van der Waals surface area (Å²) in [5.74, 6) is 0.0230. The molecule has 0 bridgehead atoms. The first-order chi connectivity index (χ1) is 8.57. The van der Waals surface area contributed by atoms with Crippen molar-refractivity contribution in [1.29, 1.82) is 0 Å². The van der Waals surface area contributed by atoms with Gasteiger partial charge in [0.05, 0.1) is 16.4 Å². The minimum Gasteiger partial charge on any atom is -0.316 e. The van der Waals surface area contributed by atoms with Crippen LogP contribution in [0.5, 0.6) is 0 Å². The van der Waals surface area contributed by atoms with E-state index in [1.165, 1.54) is 0 Å². The van der Waals surface area contributed by atoms with E-state index in [0.29, 0.717) is 5.69 Å². The van der Waals surface area contributed by atoms with Gasteiger partial charge < -0.3 is 5.32 Å². The molecule has 0 amide bonds. The van der Waals surface area contributed by atoms with Crippen molar-refractivity contribution in [2.24, 2.45) is 5.92 Å². The normalized spacial score (nSPS) is 23.9. The highest BCUT2D eigenvalue weighted by molar-refractivity contribution is 9.10. The third-order valence-electron chi connectivity index (χ3n) is 3.76. The number of halogens is 2. The molecule has 2 heterocycles. The van der Waals surface area contributed by atoms with Gasteiger partial charge >= 0.3 is 0 Å². The van der Waals surface area contributed by atoms with Crippen molar-refractivity contribution >= 4 is 15.9 Å². The summed E-state index contributed by atoms with van der Waals surface area (Å²) < 4.78 is 17.8. The quantitative estimate of drug-likeness (QED) is 0.924. The van der Waals surface area contributed by atoms with Crippen LogP contribution in [0.15, 0.2) is 10.7 Å². The number of nitrogens with zero attached hydrogens (tertiary/aromatic N) is 2. The molecule has 18 heavy (non-hydrogen) atoms. The summed E-state index contributed by atoms with van der Waals surface area (Å²) >= 11 is 3.45. The van der Waals surface area contributed by atoms with Crippen LogP contribution in [0.25, 0.3) is 0 Å². The maximum Gasteiger partial charge on any atom is 0.154 e. The topological polar surface area (TPSA) is 29.9 Å². The highest BCUT2D eigenvalue weighted by Crippen LogP contribution is 2.40. The summed E-state index contributed by atoms with van der Waals surface area (Å²) in [7, 11) is 0. The van der Waals surface area contributed by atoms with E-state index >= 15 is 4.39 Å². The second kappa shape index (κ2) is 5.70. The molecule has 0 saturated carbocycles. The van der Waals surface area contributed by atoms with Gasteiger partial charge in [-0.3, -0.25) is 4.68 Å². The molecule has 1 saturated heterocycles. The Labute approximate surface area is 116 Å². The summed E-state index contributed by atoms with van der Waals surface area (Å²) in [6.07, 6.45) is 4.65. The second-order valence-electron chi connectivity index (χ2n) is 5.18. The van der Waals surface area contributed by atoms with Crippen LogP contribution in [-0.4, -0.2) is 22.9 Å². The molecule has 1 fully saturated rings. The molecule has 0 spiro atoms. The lowest BCUT2D eigenvalue weighted by molar-refractivity contribution is 0.0703. The van der Waals surface area contributed by atoms with Gasteiger partial charge in [0.15, 0.2) is 5.67 Å². The zero-order valence-electron chi connectivity index (χ0n) is 11.0. The summed E-state index contributed by atoms with van der Waals surface area (Å²) in [6, 6.07) is 0. The molecule has 5 heteroatoms. The number of aromatic nitrogens is 2. The predicted octanol–water partition coefficient (Wildman–Crippen LogP) is 3.24. The zero-order chi connectivity index (χ0) is 13.2.